The van der Waals surface area contributed by atoms with Crippen LogP contribution in [-0.2, 0) is 4.79 Å². The molecule has 0 aliphatic carbocycles. The van der Waals surface area contributed by atoms with Crippen LogP contribution in [0.4, 0.5) is 13.2 Å². The highest BCUT2D eigenvalue weighted by molar-refractivity contribution is 5.76. The quantitative estimate of drug-likeness (QED) is 0.764. The number of carbonyl (C=O) groups is 1. The minimum atomic E-state index is -4.16. The van der Waals surface area contributed by atoms with E-state index in [0.717, 1.165) is 0 Å². The van der Waals surface area contributed by atoms with Crippen LogP contribution < -0.4 is 0 Å². The van der Waals surface area contributed by atoms with E-state index in [0.29, 0.717) is 32.6 Å². The first-order valence-corrected chi connectivity index (χ1v) is 6.14. The molecule has 1 rings (SSSR count). The molecule has 0 N–H and O–H groups in total. The Morgan fingerprint density at radius 2 is 1.56 bits per heavy atom. The number of hydrogen-bond donors (Lipinski definition) is 0. The second kappa shape index (κ2) is 5.47. The fraction of sp³-hybridized carbons (Fsp3) is 0.917. The van der Waals surface area contributed by atoms with E-state index in [1.54, 1.807) is 4.90 Å². The van der Waals surface area contributed by atoms with E-state index >= 15 is 0 Å². The van der Waals surface area contributed by atoms with Crippen molar-refractivity contribution in [3.05, 3.63) is 0 Å². The lowest BCUT2D eigenvalue weighted by Gasteiger charge is -2.36. The van der Waals surface area contributed by atoms with Crippen LogP contribution in [0.15, 0.2) is 0 Å². The third kappa shape index (κ3) is 5.71. The van der Waals surface area contributed by atoms with Gasteiger partial charge in [0.1, 0.15) is 0 Å². The van der Waals surface area contributed by atoms with Crippen molar-refractivity contribution < 1.29 is 18.0 Å². The summed E-state index contributed by atoms with van der Waals surface area (Å²) < 4.78 is 36.6. The van der Waals surface area contributed by atoms with Gasteiger partial charge in [0, 0.05) is 32.6 Å². The van der Waals surface area contributed by atoms with Gasteiger partial charge in [-0.25, -0.2) is 0 Å². The number of nitrogens with zero attached hydrogens (tertiary/aromatic N) is 2. The molecule has 0 aromatic rings. The molecule has 1 amide bonds. The first-order valence-electron chi connectivity index (χ1n) is 6.14. The van der Waals surface area contributed by atoms with Crippen LogP contribution in [-0.4, -0.2) is 54.6 Å². The number of alkyl halides is 3. The highest BCUT2D eigenvalue weighted by atomic mass is 19.4. The van der Waals surface area contributed by atoms with E-state index in [9.17, 15) is 18.0 Å². The third-order valence-corrected chi connectivity index (χ3v) is 2.81. The lowest BCUT2D eigenvalue weighted by Crippen LogP contribution is -2.51. The maximum Gasteiger partial charge on any atom is 0.401 e. The summed E-state index contributed by atoms with van der Waals surface area (Å²) in [7, 11) is 0. The van der Waals surface area contributed by atoms with Crippen molar-refractivity contribution in [2.75, 3.05) is 32.7 Å². The zero-order chi connectivity index (χ0) is 14.0. The summed E-state index contributed by atoms with van der Waals surface area (Å²) in [6.07, 6.45) is -3.72. The Balaban J connectivity index is 2.37. The van der Waals surface area contributed by atoms with Gasteiger partial charge in [-0.2, -0.15) is 13.2 Å². The molecule has 0 atom stereocenters. The predicted octanol–water partition coefficient (Wildman–Crippen LogP) is 2.13. The predicted molar refractivity (Wildman–Crippen MR) is 63.1 cm³/mol. The van der Waals surface area contributed by atoms with Gasteiger partial charge < -0.3 is 4.90 Å². The van der Waals surface area contributed by atoms with Crippen LogP contribution in [0, 0.1) is 5.41 Å². The van der Waals surface area contributed by atoms with Crippen LogP contribution in [0.5, 0.6) is 0 Å². The Morgan fingerprint density at radius 1 is 1.06 bits per heavy atom. The number of piperazine rings is 1. The van der Waals surface area contributed by atoms with E-state index < -0.39 is 12.7 Å². The van der Waals surface area contributed by atoms with E-state index in [1.165, 1.54) is 4.90 Å². The topological polar surface area (TPSA) is 23.6 Å². The van der Waals surface area contributed by atoms with E-state index in [-0.39, 0.29) is 11.3 Å². The van der Waals surface area contributed by atoms with Gasteiger partial charge in [-0.15, -0.1) is 0 Å². The number of amides is 1. The maximum atomic E-state index is 12.2. The highest BCUT2D eigenvalue weighted by Gasteiger charge is 2.33. The molecule has 1 aliphatic rings. The molecule has 1 saturated heterocycles. The molecule has 3 nitrogen and oxygen atoms in total. The lowest BCUT2D eigenvalue weighted by atomic mass is 9.91. The Hall–Kier alpha value is -0.780. The summed E-state index contributed by atoms with van der Waals surface area (Å²) in [4.78, 5) is 14.9. The second-order valence-corrected chi connectivity index (χ2v) is 6.01. The molecule has 0 bridgehead atoms. The van der Waals surface area contributed by atoms with Gasteiger partial charge >= 0.3 is 6.18 Å². The van der Waals surface area contributed by atoms with Gasteiger partial charge in [0.15, 0.2) is 0 Å². The van der Waals surface area contributed by atoms with Gasteiger partial charge in [0.2, 0.25) is 5.91 Å². The summed E-state index contributed by atoms with van der Waals surface area (Å²) in [6.45, 7) is 6.44. The van der Waals surface area contributed by atoms with Gasteiger partial charge in [-0.1, -0.05) is 20.8 Å². The van der Waals surface area contributed by atoms with Crippen molar-refractivity contribution in [3.63, 3.8) is 0 Å². The highest BCUT2D eigenvalue weighted by Crippen LogP contribution is 2.21. The molecular weight excluding hydrogens is 245 g/mol. The molecule has 1 fully saturated rings. The fourth-order valence-corrected chi connectivity index (χ4v) is 1.97. The molecule has 1 aliphatic heterocycles. The Bertz CT molecular complexity index is 289. The summed E-state index contributed by atoms with van der Waals surface area (Å²) >= 11 is 0. The van der Waals surface area contributed by atoms with Crippen LogP contribution in [0.3, 0.4) is 0 Å². The Morgan fingerprint density at radius 3 is 1.94 bits per heavy atom. The summed E-state index contributed by atoms with van der Waals surface area (Å²) in [5.41, 5.74) is -0.0831. The molecule has 18 heavy (non-hydrogen) atoms. The summed E-state index contributed by atoms with van der Waals surface area (Å²) in [5, 5.41) is 0. The largest absolute Gasteiger partial charge is 0.401 e. The average molecular weight is 266 g/mol. The van der Waals surface area contributed by atoms with Gasteiger partial charge in [-0.05, 0) is 5.41 Å². The van der Waals surface area contributed by atoms with Crippen LogP contribution in [0.1, 0.15) is 27.2 Å². The molecule has 0 aromatic carbocycles. The van der Waals surface area contributed by atoms with Gasteiger partial charge in [0.25, 0.3) is 0 Å². The molecule has 0 spiro atoms. The van der Waals surface area contributed by atoms with Gasteiger partial charge in [0.05, 0.1) is 6.54 Å². The van der Waals surface area contributed by atoms with E-state index in [1.807, 2.05) is 20.8 Å². The van der Waals surface area contributed by atoms with Crippen molar-refractivity contribution in [1.29, 1.82) is 0 Å². The Labute approximate surface area is 106 Å². The van der Waals surface area contributed by atoms with Crippen molar-refractivity contribution in [1.82, 2.24) is 9.80 Å². The smallest absolute Gasteiger partial charge is 0.340 e. The lowest BCUT2D eigenvalue weighted by molar-refractivity contribution is -0.152. The number of rotatable bonds is 2. The molecule has 0 radical (unpaired) electrons. The average Bonchev–Trinajstić information content (AvgIpc) is 2.13. The zero-order valence-electron chi connectivity index (χ0n) is 11.2. The fourth-order valence-electron chi connectivity index (χ4n) is 1.97. The van der Waals surface area contributed by atoms with Crippen molar-refractivity contribution in [3.8, 4) is 0 Å². The normalized spacial score (nSPS) is 19.1. The van der Waals surface area contributed by atoms with Gasteiger partial charge in [-0.3, -0.25) is 9.69 Å². The monoisotopic (exact) mass is 266 g/mol. The number of carbonyl (C=O) groups excluding carboxylic acids is 1. The van der Waals surface area contributed by atoms with E-state index in [4.69, 9.17) is 0 Å². The minimum Gasteiger partial charge on any atom is -0.340 e. The number of halogens is 3. The molecule has 106 valence electrons. The maximum absolute atomic E-state index is 12.2. The molecule has 0 saturated carbocycles. The first-order chi connectivity index (χ1) is 8.07. The molecule has 0 aromatic heterocycles. The first kappa shape index (κ1) is 15.3. The second-order valence-electron chi connectivity index (χ2n) is 6.01. The number of hydrogen-bond acceptors (Lipinski definition) is 2. The van der Waals surface area contributed by atoms with Crippen molar-refractivity contribution in [2.24, 2.45) is 5.41 Å². The zero-order valence-corrected chi connectivity index (χ0v) is 11.2. The van der Waals surface area contributed by atoms with Crippen LogP contribution >= 0.6 is 0 Å². The summed E-state index contributed by atoms with van der Waals surface area (Å²) in [6, 6.07) is 0. The third-order valence-electron chi connectivity index (χ3n) is 2.81. The van der Waals surface area contributed by atoms with Crippen LogP contribution in [0.2, 0.25) is 0 Å². The minimum absolute atomic E-state index is 0.0363. The standard InChI is InChI=1S/C12H21F3N2O/c1-11(2,3)8-10(18)17-6-4-16(5-7-17)9-12(13,14)15/h4-9H2,1-3H3. The molecule has 6 heteroatoms. The summed E-state index contributed by atoms with van der Waals surface area (Å²) in [5.74, 6) is 0.0363. The van der Waals surface area contributed by atoms with E-state index in [2.05, 4.69) is 0 Å². The van der Waals surface area contributed by atoms with Crippen molar-refractivity contribution in [2.45, 2.75) is 33.4 Å². The van der Waals surface area contributed by atoms with Crippen LogP contribution in [0.25, 0.3) is 0 Å². The Kier molecular flexibility index (Phi) is 4.64. The van der Waals surface area contributed by atoms with Crippen molar-refractivity contribution >= 4 is 5.91 Å². The molecular formula is C12H21F3N2O. The molecule has 1 heterocycles. The SMILES string of the molecule is CC(C)(C)CC(=O)N1CCN(CC(F)(F)F)CC1. The molecule has 0 unspecified atom stereocenters.